The standard InChI is InChI=1S/C15H20N2O3S2/c1-11-3-2-4-13(7-11)22(19,20)17-10-21-9-14(17)15(18)16-8-12-5-6-12/h2-4,7,12,14H,5-6,8-10H2,1H3,(H,16,18). The van der Waals surface area contributed by atoms with E-state index >= 15 is 0 Å². The second-order valence-corrected chi connectivity index (χ2v) is 8.80. The van der Waals surface area contributed by atoms with E-state index in [0.717, 1.165) is 18.4 Å². The van der Waals surface area contributed by atoms with E-state index < -0.39 is 16.1 Å². The number of hydrogen-bond donors (Lipinski definition) is 1. The second kappa shape index (κ2) is 6.22. The molecule has 0 spiro atoms. The number of benzene rings is 1. The molecule has 2 aliphatic rings. The maximum Gasteiger partial charge on any atom is 0.244 e. The normalized spacial score (nSPS) is 22.7. The minimum absolute atomic E-state index is 0.173. The first-order valence-electron chi connectivity index (χ1n) is 7.42. The van der Waals surface area contributed by atoms with Gasteiger partial charge < -0.3 is 5.32 Å². The van der Waals surface area contributed by atoms with Gasteiger partial charge in [0.2, 0.25) is 15.9 Å². The molecule has 0 bridgehead atoms. The third-order valence-electron chi connectivity index (χ3n) is 4.00. The number of sulfonamides is 1. The number of nitrogens with zero attached hydrogens (tertiary/aromatic N) is 1. The number of rotatable bonds is 5. The summed E-state index contributed by atoms with van der Waals surface area (Å²) in [5, 5.41) is 2.89. The molecule has 1 aromatic carbocycles. The molecule has 1 aliphatic carbocycles. The fourth-order valence-corrected chi connectivity index (χ4v) is 5.72. The van der Waals surface area contributed by atoms with Crippen LogP contribution in [0.25, 0.3) is 0 Å². The zero-order valence-electron chi connectivity index (χ0n) is 12.5. The van der Waals surface area contributed by atoms with E-state index in [-0.39, 0.29) is 10.8 Å². The van der Waals surface area contributed by atoms with Crippen LogP contribution in [0.1, 0.15) is 18.4 Å². The maximum atomic E-state index is 12.8. The first kappa shape index (κ1) is 15.8. The molecule has 1 saturated carbocycles. The molecule has 1 aliphatic heterocycles. The van der Waals surface area contributed by atoms with Gasteiger partial charge in [0.05, 0.1) is 10.8 Å². The highest BCUT2D eigenvalue weighted by molar-refractivity contribution is 8.00. The van der Waals surface area contributed by atoms with Gasteiger partial charge >= 0.3 is 0 Å². The third kappa shape index (κ3) is 3.31. The largest absolute Gasteiger partial charge is 0.354 e. The van der Waals surface area contributed by atoms with Crippen molar-refractivity contribution in [3.05, 3.63) is 29.8 Å². The van der Waals surface area contributed by atoms with E-state index in [1.165, 1.54) is 16.1 Å². The van der Waals surface area contributed by atoms with Gasteiger partial charge in [-0.3, -0.25) is 4.79 Å². The van der Waals surface area contributed by atoms with Crippen molar-refractivity contribution in [2.75, 3.05) is 18.2 Å². The highest BCUT2D eigenvalue weighted by Gasteiger charge is 2.40. The second-order valence-electron chi connectivity index (χ2n) is 5.91. The molecule has 2 fully saturated rings. The lowest BCUT2D eigenvalue weighted by Gasteiger charge is -2.22. The summed E-state index contributed by atoms with van der Waals surface area (Å²) in [5.41, 5.74) is 0.891. The van der Waals surface area contributed by atoms with Gasteiger partial charge in [0, 0.05) is 12.3 Å². The Hall–Kier alpha value is -1.05. The zero-order valence-corrected chi connectivity index (χ0v) is 14.1. The number of thioether (sulfide) groups is 1. The summed E-state index contributed by atoms with van der Waals surface area (Å²) >= 11 is 1.48. The molecule has 7 heteroatoms. The fraction of sp³-hybridized carbons (Fsp3) is 0.533. The number of carbonyl (C=O) groups is 1. The van der Waals surface area contributed by atoms with Crippen molar-refractivity contribution in [1.82, 2.24) is 9.62 Å². The van der Waals surface area contributed by atoms with E-state index in [4.69, 9.17) is 0 Å². The van der Waals surface area contributed by atoms with E-state index in [1.54, 1.807) is 18.2 Å². The van der Waals surface area contributed by atoms with Crippen LogP contribution in [0.4, 0.5) is 0 Å². The van der Waals surface area contributed by atoms with Crippen LogP contribution in [0.15, 0.2) is 29.2 Å². The molecule has 1 aromatic rings. The van der Waals surface area contributed by atoms with Crippen molar-refractivity contribution >= 4 is 27.7 Å². The Morgan fingerprint density at radius 3 is 2.86 bits per heavy atom. The van der Waals surface area contributed by atoms with Gasteiger partial charge in [0.25, 0.3) is 0 Å². The predicted octanol–water partition coefficient (Wildman–Crippen LogP) is 1.58. The summed E-state index contributed by atoms with van der Waals surface area (Å²) in [7, 11) is -3.63. The highest BCUT2D eigenvalue weighted by atomic mass is 32.2. The molecule has 1 unspecified atom stereocenters. The van der Waals surface area contributed by atoms with Crippen molar-refractivity contribution in [3.63, 3.8) is 0 Å². The molecule has 1 N–H and O–H groups in total. The number of hydrogen-bond acceptors (Lipinski definition) is 4. The topological polar surface area (TPSA) is 66.5 Å². The maximum absolute atomic E-state index is 12.8. The zero-order chi connectivity index (χ0) is 15.7. The average Bonchev–Trinajstić information content (AvgIpc) is 3.18. The van der Waals surface area contributed by atoms with E-state index in [9.17, 15) is 13.2 Å². The van der Waals surface area contributed by atoms with E-state index in [1.807, 2.05) is 13.0 Å². The smallest absolute Gasteiger partial charge is 0.244 e. The number of amides is 1. The summed E-state index contributed by atoms with van der Waals surface area (Å²) < 4.78 is 26.9. The van der Waals surface area contributed by atoms with Crippen LogP contribution in [0.3, 0.4) is 0 Å². The minimum Gasteiger partial charge on any atom is -0.354 e. The molecule has 0 aromatic heterocycles. The minimum atomic E-state index is -3.63. The molecular formula is C15H20N2O3S2. The first-order valence-corrected chi connectivity index (χ1v) is 10.0. The molecule has 1 atom stereocenters. The Balaban J connectivity index is 1.77. The first-order chi connectivity index (χ1) is 10.5. The number of carbonyl (C=O) groups excluding carboxylic acids is 1. The van der Waals surface area contributed by atoms with Crippen molar-refractivity contribution in [3.8, 4) is 0 Å². The summed E-state index contributed by atoms with van der Waals surface area (Å²) in [5.74, 6) is 1.26. The van der Waals surface area contributed by atoms with Crippen LogP contribution in [0.2, 0.25) is 0 Å². The van der Waals surface area contributed by atoms with Crippen LogP contribution >= 0.6 is 11.8 Å². The molecule has 1 amide bonds. The van der Waals surface area contributed by atoms with Crippen molar-refractivity contribution in [2.45, 2.75) is 30.7 Å². The molecule has 1 heterocycles. The van der Waals surface area contributed by atoms with Crippen LogP contribution < -0.4 is 5.32 Å². The summed E-state index contributed by atoms with van der Waals surface area (Å²) in [6.07, 6.45) is 2.32. The average molecular weight is 340 g/mol. The molecule has 22 heavy (non-hydrogen) atoms. The van der Waals surface area contributed by atoms with Crippen LogP contribution in [-0.2, 0) is 14.8 Å². The molecule has 3 rings (SSSR count). The van der Waals surface area contributed by atoms with Gasteiger partial charge in [-0.15, -0.1) is 11.8 Å². The SMILES string of the molecule is Cc1cccc(S(=O)(=O)N2CSCC2C(=O)NCC2CC2)c1. The lowest BCUT2D eigenvalue weighted by molar-refractivity contribution is -0.123. The van der Waals surface area contributed by atoms with E-state index in [2.05, 4.69) is 5.32 Å². The summed E-state index contributed by atoms with van der Waals surface area (Å²) in [4.78, 5) is 12.6. The van der Waals surface area contributed by atoms with Gasteiger partial charge in [-0.05, 0) is 43.4 Å². The lowest BCUT2D eigenvalue weighted by atomic mass is 10.2. The molecular weight excluding hydrogens is 320 g/mol. The molecule has 1 saturated heterocycles. The number of nitrogens with one attached hydrogen (secondary N) is 1. The van der Waals surface area contributed by atoms with Crippen LogP contribution in [0.5, 0.6) is 0 Å². The molecule has 5 nitrogen and oxygen atoms in total. The Morgan fingerprint density at radius 1 is 1.41 bits per heavy atom. The highest BCUT2D eigenvalue weighted by Crippen LogP contribution is 2.30. The van der Waals surface area contributed by atoms with Crippen molar-refractivity contribution in [2.24, 2.45) is 5.92 Å². The van der Waals surface area contributed by atoms with Crippen molar-refractivity contribution < 1.29 is 13.2 Å². The van der Waals surface area contributed by atoms with E-state index in [0.29, 0.717) is 24.1 Å². The summed E-state index contributed by atoms with van der Waals surface area (Å²) in [6, 6.07) is 6.22. The van der Waals surface area contributed by atoms with Gasteiger partial charge in [0.15, 0.2) is 0 Å². The van der Waals surface area contributed by atoms with Crippen LogP contribution in [0, 0.1) is 12.8 Å². The Labute approximate surface area is 135 Å². The van der Waals surface area contributed by atoms with Gasteiger partial charge in [-0.1, -0.05) is 12.1 Å². The Bertz CT molecular complexity index is 671. The van der Waals surface area contributed by atoms with Gasteiger partial charge in [0.1, 0.15) is 6.04 Å². The van der Waals surface area contributed by atoms with Crippen LogP contribution in [-0.4, -0.2) is 42.8 Å². The molecule has 120 valence electrons. The Kier molecular flexibility index (Phi) is 4.47. The van der Waals surface area contributed by atoms with Gasteiger partial charge in [-0.25, -0.2) is 8.42 Å². The Morgan fingerprint density at radius 2 is 2.18 bits per heavy atom. The monoisotopic (exact) mass is 340 g/mol. The quantitative estimate of drug-likeness (QED) is 0.884. The lowest BCUT2D eigenvalue weighted by Crippen LogP contribution is -2.47. The molecule has 0 radical (unpaired) electrons. The predicted molar refractivity (Wildman–Crippen MR) is 87.1 cm³/mol. The third-order valence-corrected chi connectivity index (χ3v) is 7.03. The summed E-state index contributed by atoms with van der Waals surface area (Å²) in [6.45, 7) is 2.52. The number of aryl methyl sites for hydroxylation is 1. The van der Waals surface area contributed by atoms with Crippen molar-refractivity contribution in [1.29, 1.82) is 0 Å². The fourth-order valence-electron chi connectivity index (χ4n) is 2.47. The van der Waals surface area contributed by atoms with Gasteiger partial charge in [-0.2, -0.15) is 4.31 Å².